The van der Waals surface area contributed by atoms with Crippen LogP contribution in [0.1, 0.15) is 33.1 Å². The Labute approximate surface area is 76.1 Å². The van der Waals surface area contributed by atoms with E-state index in [1.807, 2.05) is 0 Å². The number of piperidine rings is 1. The molecule has 0 amide bonds. The van der Waals surface area contributed by atoms with E-state index in [9.17, 15) is 0 Å². The Hall–Kier alpha value is -0.0800. The van der Waals surface area contributed by atoms with Gasteiger partial charge in [0.05, 0.1) is 13.1 Å². The zero-order valence-electron chi connectivity index (χ0n) is 8.60. The Kier molecular flexibility index (Phi) is 4.02. The minimum Gasteiger partial charge on any atom is -0.350 e. The van der Waals surface area contributed by atoms with Crippen LogP contribution in [0.3, 0.4) is 0 Å². The average molecular weight is 172 g/mol. The van der Waals surface area contributed by atoms with Crippen molar-refractivity contribution in [2.45, 2.75) is 39.2 Å². The zero-order valence-corrected chi connectivity index (χ0v) is 8.60. The molecule has 1 fully saturated rings. The van der Waals surface area contributed by atoms with Gasteiger partial charge in [-0.1, -0.05) is 13.8 Å². The maximum atomic E-state index is 4.15. The van der Waals surface area contributed by atoms with Crippen LogP contribution < -0.4 is 10.6 Å². The third-order valence-corrected chi connectivity index (χ3v) is 3.14. The molecule has 0 saturated carbocycles. The van der Waals surface area contributed by atoms with Gasteiger partial charge in [0.25, 0.3) is 0 Å². The third kappa shape index (κ3) is 3.11. The van der Waals surface area contributed by atoms with E-state index >= 15 is 0 Å². The Morgan fingerprint density at radius 2 is 2.00 bits per heavy atom. The maximum Gasteiger partial charge on any atom is 0.134 e. The standard InChI is InChI=1S/C10H22N2/c1-3-10(11)8-12-6-4-9(2)5-7-12/h9-10H,3-8,11H2,1-2H3/p+2/t10-/m1/s1. The summed E-state index contributed by atoms with van der Waals surface area (Å²) in [6, 6.07) is 0.674. The van der Waals surface area contributed by atoms with Gasteiger partial charge in [-0.05, 0) is 18.8 Å². The van der Waals surface area contributed by atoms with Crippen LogP contribution in [0.15, 0.2) is 0 Å². The van der Waals surface area contributed by atoms with Crippen LogP contribution in [0.4, 0.5) is 0 Å². The first-order chi connectivity index (χ1) is 5.72. The van der Waals surface area contributed by atoms with Crippen molar-refractivity contribution in [3.8, 4) is 0 Å². The number of quaternary nitrogens is 2. The SMILES string of the molecule is CC[C@@H]([NH3+])C[NH+]1CCC(C)CC1. The first kappa shape index (κ1) is 10.0. The first-order valence-corrected chi connectivity index (χ1v) is 5.39. The highest BCUT2D eigenvalue weighted by molar-refractivity contribution is 4.57. The lowest BCUT2D eigenvalue weighted by Crippen LogP contribution is -3.15. The van der Waals surface area contributed by atoms with Crippen molar-refractivity contribution < 1.29 is 10.6 Å². The summed E-state index contributed by atoms with van der Waals surface area (Å²) in [5, 5.41) is 0. The molecule has 0 bridgehead atoms. The second kappa shape index (κ2) is 4.83. The fourth-order valence-electron chi connectivity index (χ4n) is 1.93. The molecule has 0 unspecified atom stereocenters. The van der Waals surface area contributed by atoms with E-state index in [1.165, 1.54) is 38.9 Å². The van der Waals surface area contributed by atoms with E-state index in [4.69, 9.17) is 0 Å². The lowest BCUT2D eigenvalue weighted by atomic mass is 9.99. The van der Waals surface area contributed by atoms with Crippen molar-refractivity contribution in [1.82, 2.24) is 0 Å². The number of rotatable bonds is 3. The molecule has 1 aliphatic heterocycles. The molecule has 72 valence electrons. The average Bonchev–Trinajstić information content (AvgIpc) is 2.09. The molecule has 0 radical (unpaired) electrons. The minimum absolute atomic E-state index is 0.674. The highest BCUT2D eigenvalue weighted by Crippen LogP contribution is 2.06. The second-order valence-corrected chi connectivity index (χ2v) is 4.41. The van der Waals surface area contributed by atoms with Crippen molar-refractivity contribution in [3.63, 3.8) is 0 Å². The Bertz CT molecular complexity index is 117. The van der Waals surface area contributed by atoms with Gasteiger partial charge < -0.3 is 10.6 Å². The predicted octanol–water partition coefficient (Wildman–Crippen LogP) is -0.678. The topological polar surface area (TPSA) is 32.1 Å². The molecular weight excluding hydrogens is 148 g/mol. The fourth-order valence-corrected chi connectivity index (χ4v) is 1.93. The number of nitrogens with one attached hydrogen (secondary N) is 1. The molecule has 4 N–H and O–H groups in total. The van der Waals surface area contributed by atoms with Crippen LogP contribution in [0, 0.1) is 5.92 Å². The van der Waals surface area contributed by atoms with Crippen LogP contribution in [-0.4, -0.2) is 25.7 Å². The van der Waals surface area contributed by atoms with Crippen molar-refractivity contribution in [2.24, 2.45) is 5.92 Å². The summed E-state index contributed by atoms with van der Waals surface area (Å²) in [6.45, 7) is 8.67. The molecule has 1 atom stereocenters. The highest BCUT2D eigenvalue weighted by Gasteiger charge is 2.21. The Morgan fingerprint density at radius 3 is 2.50 bits per heavy atom. The second-order valence-electron chi connectivity index (χ2n) is 4.41. The van der Waals surface area contributed by atoms with Gasteiger partial charge in [0.2, 0.25) is 0 Å². The van der Waals surface area contributed by atoms with Gasteiger partial charge in [-0.25, -0.2) is 0 Å². The zero-order chi connectivity index (χ0) is 8.97. The Morgan fingerprint density at radius 1 is 1.42 bits per heavy atom. The summed E-state index contributed by atoms with van der Waals surface area (Å²) < 4.78 is 0. The van der Waals surface area contributed by atoms with Gasteiger partial charge in [0, 0.05) is 6.42 Å². The van der Waals surface area contributed by atoms with E-state index in [-0.39, 0.29) is 0 Å². The summed E-state index contributed by atoms with van der Waals surface area (Å²) in [7, 11) is 0. The predicted molar refractivity (Wildman–Crippen MR) is 50.9 cm³/mol. The smallest absolute Gasteiger partial charge is 0.134 e. The summed E-state index contributed by atoms with van der Waals surface area (Å²) in [5.74, 6) is 0.971. The summed E-state index contributed by atoms with van der Waals surface area (Å²) >= 11 is 0. The van der Waals surface area contributed by atoms with Crippen LogP contribution in [0.25, 0.3) is 0 Å². The molecule has 0 spiro atoms. The van der Waals surface area contributed by atoms with E-state index in [0.29, 0.717) is 6.04 Å². The summed E-state index contributed by atoms with van der Waals surface area (Å²) in [5.41, 5.74) is 4.15. The van der Waals surface area contributed by atoms with Gasteiger partial charge in [-0.3, -0.25) is 0 Å². The van der Waals surface area contributed by atoms with Gasteiger partial charge >= 0.3 is 0 Å². The van der Waals surface area contributed by atoms with Gasteiger partial charge in [0.1, 0.15) is 12.6 Å². The maximum absolute atomic E-state index is 4.15. The van der Waals surface area contributed by atoms with Crippen molar-refractivity contribution in [1.29, 1.82) is 0 Å². The Balaban J connectivity index is 2.17. The van der Waals surface area contributed by atoms with E-state index in [1.54, 1.807) is 4.90 Å². The summed E-state index contributed by atoms with van der Waals surface area (Å²) in [4.78, 5) is 1.79. The normalized spacial score (nSPS) is 33.2. The van der Waals surface area contributed by atoms with Gasteiger partial charge in [-0.15, -0.1) is 0 Å². The van der Waals surface area contributed by atoms with E-state index in [2.05, 4.69) is 19.6 Å². The number of likely N-dealkylation sites (tertiary alicyclic amines) is 1. The number of hydrogen-bond donors (Lipinski definition) is 2. The third-order valence-electron chi connectivity index (χ3n) is 3.14. The largest absolute Gasteiger partial charge is 0.350 e. The van der Waals surface area contributed by atoms with E-state index < -0.39 is 0 Å². The number of hydrogen-bond acceptors (Lipinski definition) is 0. The molecule has 2 heteroatoms. The first-order valence-electron chi connectivity index (χ1n) is 5.39. The highest BCUT2D eigenvalue weighted by atomic mass is 15.1. The van der Waals surface area contributed by atoms with Crippen molar-refractivity contribution >= 4 is 0 Å². The van der Waals surface area contributed by atoms with E-state index in [0.717, 1.165) is 5.92 Å². The molecule has 1 rings (SSSR count). The molecule has 12 heavy (non-hydrogen) atoms. The fraction of sp³-hybridized carbons (Fsp3) is 1.00. The van der Waals surface area contributed by atoms with Crippen LogP contribution in [-0.2, 0) is 0 Å². The molecule has 1 heterocycles. The van der Waals surface area contributed by atoms with Crippen molar-refractivity contribution in [2.75, 3.05) is 19.6 Å². The molecule has 0 aromatic rings. The van der Waals surface area contributed by atoms with Crippen LogP contribution in [0.2, 0.25) is 0 Å². The van der Waals surface area contributed by atoms with Gasteiger partial charge in [0.15, 0.2) is 0 Å². The molecule has 2 nitrogen and oxygen atoms in total. The van der Waals surface area contributed by atoms with Crippen LogP contribution in [0.5, 0.6) is 0 Å². The minimum atomic E-state index is 0.674. The molecule has 1 saturated heterocycles. The monoisotopic (exact) mass is 172 g/mol. The molecule has 0 aromatic carbocycles. The lowest BCUT2D eigenvalue weighted by Gasteiger charge is -2.27. The molecule has 0 aromatic heterocycles. The molecule has 1 aliphatic rings. The molecular formula is C10H24N2+2. The lowest BCUT2D eigenvalue weighted by molar-refractivity contribution is -0.915. The summed E-state index contributed by atoms with van der Waals surface area (Å²) in [6.07, 6.45) is 4.08. The van der Waals surface area contributed by atoms with Crippen molar-refractivity contribution in [3.05, 3.63) is 0 Å². The molecule has 0 aliphatic carbocycles. The van der Waals surface area contributed by atoms with Crippen LogP contribution >= 0.6 is 0 Å². The van der Waals surface area contributed by atoms with Gasteiger partial charge in [-0.2, -0.15) is 0 Å². The quantitative estimate of drug-likeness (QED) is 0.565.